The van der Waals surface area contributed by atoms with Gasteiger partial charge in [0.05, 0.1) is 7.11 Å². The van der Waals surface area contributed by atoms with Gasteiger partial charge in [-0.1, -0.05) is 12.2 Å². The first-order valence-electron chi connectivity index (χ1n) is 6.70. The summed E-state index contributed by atoms with van der Waals surface area (Å²) in [7, 11) is 1.43. The molecule has 0 saturated carbocycles. The number of hydrogen-bond donors (Lipinski definition) is 1. The van der Waals surface area contributed by atoms with E-state index in [1.807, 2.05) is 0 Å². The SMILES string of the molecule is COc1ccc(NCC2CC=CCC2)cc1OC(F)F. The first-order chi connectivity index (χ1) is 9.69. The van der Waals surface area contributed by atoms with Crippen LogP contribution in [0.5, 0.6) is 11.5 Å². The van der Waals surface area contributed by atoms with Crippen molar-refractivity contribution in [2.45, 2.75) is 25.9 Å². The highest BCUT2D eigenvalue weighted by atomic mass is 19.3. The minimum absolute atomic E-state index is 0.0519. The van der Waals surface area contributed by atoms with Crippen LogP contribution in [0.1, 0.15) is 19.3 Å². The van der Waals surface area contributed by atoms with Crippen LogP contribution in [0.25, 0.3) is 0 Å². The van der Waals surface area contributed by atoms with E-state index >= 15 is 0 Å². The van der Waals surface area contributed by atoms with Gasteiger partial charge < -0.3 is 14.8 Å². The van der Waals surface area contributed by atoms with Crippen molar-refractivity contribution < 1.29 is 18.3 Å². The second-order valence-electron chi connectivity index (χ2n) is 4.78. The second-order valence-corrected chi connectivity index (χ2v) is 4.78. The van der Waals surface area contributed by atoms with Gasteiger partial charge in [0.2, 0.25) is 0 Å². The van der Waals surface area contributed by atoms with Crippen LogP contribution in [-0.2, 0) is 0 Å². The van der Waals surface area contributed by atoms with Gasteiger partial charge in [0, 0.05) is 18.3 Å². The summed E-state index contributed by atoms with van der Waals surface area (Å²) in [6, 6.07) is 4.97. The summed E-state index contributed by atoms with van der Waals surface area (Å²) in [6.45, 7) is -2.03. The maximum atomic E-state index is 12.3. The Morgan fingerprint density at radius 3 is 2.80 bits per heavy atom. The molecule has 0 radical (unpaired) electrons. The zero-order valence-corrected chi connectivity index (χ0v) is 11.4. The highest BCUT2D eigenvalue weighted by molar-refractivity contribution is 5.54. The quantitative estimate of drug-likeness (QED) is 0.798. The van der Waals surface area contributed by atoms with Crippen molar-refractivity contribution in [1.82, 2.24) is 0 Å². The standard InChI is InChI=1S/C15H19F2NO2/c1-19-13-8-7-12(9-14(13)20-15(16)17)18-10-11-5-3-2-4-6-11/h2-3,7-9,11,15,18H,4-6,10H2,1H3. The third-order valence-corrected chi connectivity index (χ3v) is 3.35. The molecule has 0 saturated heterocycles. The van der Waals surface area contributed by atoms with E-state index in [4.69, 9.17) is 4.74 Å². The highest BCUT2D eigenvalue weighted by Gasteiger charge is 2.13. The molecule has 1 N–H and O–H groups in total. The van der Waals surface area contributed by atoms with Crippen LogP contribution in [0.4, 0.5) is 14.5 Å². The molecule has 0 aromatic heterocycles. The van der Waals surface area contributed by atoms with Crippen molar-refractivity contribution in [2.24, 2.45) is 5.92 Å². The Bertz CT molecular complexity index is 463. The fourth-order valence-corrected chi connectivity index (χ4v) is 2.28. The Kier molecular flexibility index (Phi) is 5.21. The number of anilines is 1. The number of alkyl halides is 2. The molecule has 110 valence electrons. The average Bonchev–Trinajstić information content (AvgIpc) is 2.46. The molecule has 0 fully saturated rings. The number of nitrogens with one attached hydrogen (secondary N) is 1. The predicted molar refractivity (Wildman–Crippen MR) is 74.6 cm³/mol. The molecule has 0 spiro atoms. The molecule has 1 aliphatic rings. The van der Waals surface area contributed by atoms with E-state index in [9.17, 15) is 8.78 Å². The lowest BCUT2D eigenvalue weighted by molar-refractivity contribution is -0.0511. The second kappa shape index (κ2) is 7.12. The van der Waals surface area contributed by atoms with Gasteiger partial charge in [-0.2, -0.15) is 8.78 Å². The monoisotopic (exact) mass is 283 g/mol. The van der Waals surface area contributed by atoms with E-state index in [0.29, 0.717) is 11.7 Å². The Hall–Kier alpha value is -1.78. The summed E-state index contributed by atoms with van der Waals surface area (Å²) < 4.78 is 34.1. The molecule has 0 aliphatic heterocycles. The molecular weight excluding hydrogens is 264 g/mol. The lowest BCUT2D eigenvalue weighted by atomic mass is 9.94. The fraction of sp³-hybridized carbons (Fsp3) is 0.467. The van der Waals surface area contributed by atoms with Gasteiger partial charge in [-0.3, -0.25) is 0 Å². The number of ether oxygens (including phenoxy) is 2. The van der Waals surface area contributed by atoms with Crippen molar-refractivity contribution in [1.29, 1.82) is 0 Å². The van der Waals surface area contributed by atoms with Gasteiger partial charge in [0.15, 0.2) is 11.5 Å². The van der Waals surface area contributed by atoms with Gasteiger partial charge in [-0.05, 0) is 37.3 Å². The minimum atomic E-state index is -2.86. The van der Waals surface area contributed by atoms with Crippen LogP contribution in [0, 0.1) is 5.92 Å². The summed E-state index contributed by atoms with van der Waals surface area (Å²) in [5.74, 6) is 0.939. The molecule has 1 unspecified atom stereocenters. The van der Waals surface area contributed by atoms with E-state index in [0.717, 1.165) is 31.5 Å². The minimum Gasteiger partial charge on any atom is -0.493 e. The Morgan fingerprint density at radius 1 is 1.30 bits per heavy atom. The Labute approximate surface area is 117 Å². The topological polar surface area (TPSA) is 30.5 Å². The van der Waals surface area contributed by atoms with E-state index in [2.05, 4.69) is 22.2 Å². The molecule has 1 aromatic rings. The smallest absolute Gasteiger partial charge is 0.387 e. The molecule has 2 rings (SSSR count). The van der Waals surface area contributed by atoms with Crippen LogP contribution in [0.15, 0.2) is 30.4 Å². The Morgan fingerprint density at radius 2 is 2.15 bits per heavy atom. The lowest BCUT2D eigenvalue weighted by Gasteiger charge is -2.19. The van der Waals surface area contributed by atoms with Crippen molar-refractivity contribution >= 4 is 5.69 Å². The summed E-state index contributed by atoms with van der Waals surface area (Å²) in [4.78, 5) is 0. The number of hydrogen-bond acceptors (Lipinski definition) is 3. The van der Waals surface area contributed by atoms with Gasteiger partial charge in [0.1, 0.15) is 0 Å². The van der Waals surface area contributed by atoms with Crippen molar-refractivity contribution in [3.05, 3.63) is 30.4 Å². The number of methoxy groups -OCH3 is 1. The molecule has 5 heteroatoms. The maximum absolute atomic E-state index is 12.3. The van der Waals surface area contributed by atoms with Crippen molar-refractivity contribution in [3.63, 3.8) is 0 Å². The zero-order valence-electron chi connectivity index (χ0n) is 11.4. The van der Waals surface area contributed by atoms with Gasteiger partial charge in [-0.15, -0.1) is 0 Å². The molecule has 1 aliphatic carbocycles. The van der Waals surface area contributed by atoms with Crippen LogP contribution >= 0.6 is 0 Å². The first kappa shape index (κ1) is 14.6. The third-order valence-electron chi connectivity index (χ3n) is 3.35. The summed E-state index contributed by atoms with van der Waals surface area (Å²) in [6.07, 6.45) is 7.70. The first-order valence-corrected chi connectivity index (χ1v) is 6.70. The van der Waals surface area contributed by atoms with Crippen LogP contribution in [-0.4, -0.2) is 20.3 Å². The van der Waals surface area contributed by atoms with Gasteiger partial charge in [-0.25, -0.2) is 0 Å². The largest absolute Gasteiger partial charge is 0.493 e. The van der Waals surface area contributed by atoms with Crippen LogP contribution < -0.4 is 14.8 Å². The zero-order chi connectivity index (χ0) is 14.4. The molecule has 1 aromatic carbocycles. The average molecular weight is 283 g/mol. The molecule has 3 nitrogen and oxygen atoms in total. The molecule has 20 heavy (non-hydrogen) atoms. The molecule has 0 bridgehead atoms. The van der Waals surface area contributed by atoms with E-state index in [1.165, 1.54) is 7.11 Å². The lowest BCUT2D eigenvalue weighted by Crippen LogP contribution is -2.15. The van der Waals surface area contributed by atoms with Gasteiger partial charge >= 0.3 is 6.61 Å². The summed E-state index contributed by atoms with van der Waals surface area (Å²) in [5, 5.41) is 3.26. The van der Waals surface area contributed by atoms with E-state index in [1.54, 1.807) is 18.2 Å². The van der Waals surface area contributed by atoms with Gasteiger partial charge in [0.25, 0.3) is 0 Å². The molecule has 0 amide bonds. The third kappa shape index (κ3) is 4.11. The Balaban J connectivity index is 1.98. The molecule has 0 heterocycles. The highest BCUT2D eigenvalue weighted by Crippen LogP contribution is 2.31. The van der Waals surface area contributed by atoms with Crippen LogP contribution in [0.3, 0.4) is 0 Å². The normalized spacial score (nSPS) is 18.1. The summed E-state index contributed by atoms with van der Waals surface area (Å²) in [5.41, 5.74) is 0.760. The number of halogens is 2. The fourth-order valence-electron chi connectivity index (χ4n) is 2.28. The number of allylic oxidation sites excluding steroid dienone is 2. The molecular formula is C15H19F2NO2. The van der Waals surface area contributed by atoms with E-state index in [-0.39, 0.29) is 5.75 Å². The number of rotatable bonds is 6. The van der Waals surface area contributed by atoms with Crippen molar-refractivity contribution in [3.8, 4) is 11.5 Å². The van der Waals surface area contributed by atoms with Crippen LogP contribution in [0.2, 0.25) is 0 Å². The molecule has 1 atom stereocenters. The predicted octanol–water partition coefficient (Wildman–Crippen LogP) is 4.06. The summed E-state index contributed by atoms with van der Waals surface area (Å²) >= 11 is 0. The van der Waals surface area contributed by atoms with Crippen molar-refractivity contribution in [2.75, 3.05) is 19.0 Å². The van der Waals surface area contributed by atoms with E-state index < -0.39 is 6.61 Å². The maximum Gasteiger partial charge on any atom is 0.387 e. The number of benzene rings is 1.